The number of nitrogens with one attached hydrogen (secondary N) is 2. The normalized spacial score (nSPS) is 10.2. The molecule has 2 amide bonds. The maximum Gasteiger partial charge on any atom is 0.253 e. The van der Waals surface area contributed by atoms with Crippen molar-refractivity contribution in [2.75, 3.05) is 18.4 Å². The molecule has 0 aliphatic rings. The molecule has 2 rings (SSSR count). The lowest BCUT2D eigenvalue weighted by Crippen LogP contribution is -2.35. The highest BCUT2D eigenvalue weighted by atomic mass is 32.1. The van der Waals surface area contributed by atoms with E-state index < -0.39 is 0 Å². The summed E-state index contributed by atoms with van der Waals surface area (Å²) < 4.78 is 0. The lowest BCUT2D eigenvalue weighted by atomic mass is 10.1. The van der Waals surface area contributed by atoms with Crippen molar-refractivity contribution in [2.45, 2.75) is 27.2 Å². The number of anilines is 1. The molecular weight excluding hydrogens is 358 g/mol. The summed E-state index contributed by atoms with van der Waals surface area (Å²) in [4.78, 5) is 26.2. The van der Waals surface area contributed by atoms with Gasteiger partial charge in [0.05, 0.1) is 6.42 Å². The fourth-order valence-electron chi connectivity index (χ4n) is 2.70. The minimum Gasteiger partial charge on any atom is -0.339 e. The zero-order valence-corrected chi connectivity index (χ0v) is 16.7. The van der Waals surface area contributed by atoms with E-state index in [4.69, 9.17) is 12.2 Å². The average molecular weight is 384 g/mol. The minimum absolute atomic E-state index is 0.000611. The molecule has 0 radical (unpaired) electrons. The van der Waals surface area contributed by atoms with Crippen LogP contribution in [0.2, 0.25) is 0 Å². The highest BCUT2D eigenvalue weighted by molar-refractivity contribution is 7.80. The number of nitrogens with zero attached hydrogens (tertiary/aromatic N) is 1. The maximum absolute atomic E-state index is 12.3. The fourth-order valence-corrected chi connectivity index (χ4v) is 2.94. The van der Waals surface area contributed by atoms with E-state index >= 15 is 0 Å². The van der Waals surface area contributed by atoms with Crippen LogP contribution in [0.5, 0.6) is 0 Å². The molecule has 2 N–H and O–H groups in total. The van der Waals surface area contributed by atoms with Gasteiger partial charge in [-0.1, -0.05) is 24.3 Å². The molecule has 0 heterocycles. The number of rotatable bonds is 6. The molecular formula is C21H25N3O2S. The van der Waals surface area contributed by atoms with Gasteiger partial charge in [0, 0.05) is 24.3 Å². The van der Waals surface area contributed by atoms with Crippen LogP contribution in [0.4, 0.5) is 5.69 Å². The molecule has 0 aliphatic heterocycles. The van der Waals surface area contributed by atoms with Gasteiger partial charge in [0.25, 0.3) is 5.91 Å². The van der Waals surface area contributed by atoms with Gasteiger partial charge in [0.1, 0.15) is 0 Å². The summed E-state index contributed by atoms with van der Waals surface area (Å²) in [7, 11) is 0. The predicted molar refractivity (Wildman–Crippen MR) is 113 cm³/mol. The smallest absolute Gasteiger partial charge is 0.253 e. The number of hydrogen-bond acceptors (Lipinski definition) is 3. The van der Waals surface area contributed by atoms with E-state index in [0.717, 1.165) is 11.1 Å². The van der Waals surface area contributed by atoms with E-state index in [-0.39, 0.29) is 23.3 Å². The number of carbonyl (C=O) groups is 2. The van der Waals surface area contributed by atoms with Crippen molar-refractivity contribution in [3.63, 3.8) is 0 Å². The Balaban J connectivity index is 1.91. The van der Waals surface area contributed by atoms with Crippen LogP contribution >= 0.6 is 12.2 Å². The van der Waals surface area contributed by atoms with Gasteiger partial charge < -0.3 is 15.5 Å². The van der Waals surface area contributed by atoms with Crippen LogP contribution in [0, 0.1) is 6.92 Å². The van der Waals surface area contributed by atoms with Gasteiger partial charge in [0.15, 0.2) is 5.11 Å². The lowest BCUT2D eigenvalue weighted by molar-refractivity contribution is -0.119. The van der Waals surface area contributed by atoms with E-state index in [2.05, 4.69) is 10.6 Å². The number of aryl methyl sites for hydroxylation is 1. The average Bonchev–Trinajstić information content (AvgIpc) is 2.65. The van der Waals surface area contributed by atoms with Crippen molar-refractivity contribution in [1.82, 2.24) is 10.2 Å². The molecule has 0 aromatic heterocycles. The first-order valence-electron chi connectivity index (χ1n) is 8.99. The predicted octanol–water partition coefficient (Wildman–Crippen LogP) is 3.53. The van der Waals surface area contributed by atoms with Crippen molar-refractivity contribution in [3.05, 3.63) is 65.2 Å². The summed E-state index contributed by atoms with van der Waals surface area (Å²) in [5, 5.41) is 5.89. The van der Waals surface area contributed by atoms with Gasteiger partial charge in [-0.15, -0.1) is 0 Å². The molecule has 5 nitrogen and oxygen atoms in total. The molecule has 0 fully saturated rings. The Morgan fingerprint density at radius 1 is 1.00 bits per heavy atom. The Morgan fingerprint density at radius 2 is 1.63 bits per heavy atom. The number of benzene rings is 2. The third kappa shape index (κ3) is 5.89. The maximum atomic E-state index is 12.3. The van der Waals surface area contributed by atoms with Crippen LogP contribution in [-0.2, 0) is 11.2 Å². The monoisotopic (exact) mass is 383 g/mol. The minimum atomic E-state index is -0.171. The number of thiocarbonyl (C=S) groups is 1. The first-order valence-corrected chi connectivity index (χ1v) is 9.40. The van der Waals surface area contributed by atoms with Gasteiger partial charge >= 0.3 is 0 Å². The summed E-state index contributed by atoms with van der Waals surface area (Å²) in [5.41, 5.74) is 3.38. The topological polar surface area (TPSA) is 61.4 Å². The van der Waals surface area contributed by atoms with Crippen LogP contribution in [0.3, 0.4) is 0 Å². The molecule has 2 aromatic carbocycles. The molecule has 142 valence electrons. The van der Waals surface area contributed by atoms with Crippen LogP contribution in [-0.4, -0.2) is 34.9 Å². The molecule has 6 heteroatoms. The van der Waals surface area contributed by atoms with Crippen molar-refractivity contribution in [2.24, 2.45) is 0 Å². The van der Waals surface area contributed by atoms with E-state index in [1.54, 1.807) is 29.2 Å². The zero-order valence-electron chi connectivity index (χ0n) is 15.9. The second-order valence-electron chi connectivity index (χ2n) is 6.16. The Bertz CT molecular complexity index is 814. The highest BCUT2D eigenvalue weighted by Gasteiger charge is 2.12. The van der Waals surface area contributed by atoms with E-state index in [1.165, 1.54) is 0 Å². The van der Waals surface area contributed by atoms with Crippen LogP contribution < -0.4 is 10.6 Å². The summed E-state index contributed by atoms with van der Waals surface area (Å²) in [5.74, 6) is -0.171. The molecule has 27 heavy (non-hydrogen) atoms. The number of amides is 2. The fraction of sp³-hybridized carbons (Fsp3) is 0.286. The molecule has 0 saturated heterocycles. The van der Waals surface area contributed by atoms with Gasteiger partial charge in [-0.25, -0.2) is 0 Å². The first-order chi connectivity index (χ1) is 12.9. The molecule has 0 unspecified atom stereocenters. The van der Waals surface area contributed by atoms with Crippen molar-refractivity contribution < 1.29 is 9.59 Å². The van der Waals surface area contributed by atoms with Gasteiger partial charge in [-0.05, 0) is 68.4 Å². The first kappa shape index (κ1) is 20.6. The molecule has 0 aliphatic carbocycles. The third-order valence-electron chi connectivity index (χ3n) is 4.31. The molecule has 0 spiro atoms. The van der Waals surface area contributed by atoms with Crippen LogP contribution in [0.1, 0.15) is 35.3 Å². The number of carbonyl (C=O) groups excluding carboxylic acids is 2. The SMILES string of the molecule is CCN(CC)C(=O)c1ccc(NC(=S)NC(=O)Cc2ccccc2C)cc1. The highest BCUT2D eigenvalue weighted by Crippen LogP contribution is 2.12. The Hall–Kier alpha value is -2.73. The van der Waals surface area contributed by atoms with E-state index in [9.17, 15) is 9.59 Å². The molecule has 0 bridgehead atoms. The summed E-state index contributed by atoms with van der Waals surface area (Å²) in [6.45, 7) is 7.23. The Kier molecular flexibility index (Phi) is 7.49. The molecule has 2 aromatic rings. The van der Waals surface area contributed by atoms with E-state index in [0.29, 0.717) is 24.3 Å². The third-order valence-corrected chi connectivity index (χ3v) is 4.51. The van der Waals surface area contributed by atoms with Gasteiger partial charge in [0.2, 0.25) is 5.91 Å². The molecule has 0 saturated carbocycles. The summed E-state index contributed by atoms with van der Waals surface area (Å²) in [6.07, 6.45) is 0.270. The van der Waals surface area contributed by atoms with Crippen molar-refractivity contribution in [1.29, 1.82) is 0 Å². The Morgan fingerprint density at radius 3 is 2.22 bits per heavy atom. The van der Waals surface area contributed by atoms with Crippen LogP contribution in [0.15, 0.2) is 48.5 Å². The standard InChI is InChI=1S/C21H25N3O2S/c1-4-24(5-2)20(26)16-10-12-18(13-11-16)22-21(27)23-19(25)14-17-9-7-6-8-15(17)3/h6-13H,4-5,14H2,1-3H3,(H2,22,23,25,27). The van der Waals surface area contributed by atoms with Crippen molar-refractivity contribution >= 4 is 34.8 Å². The largest absolute Gasteiger partial charge is 0.339 e. The Labute approximate surface area is 165 Å². The molecule has 0 atom stereocenters. The summed E-state index contributed by atoms with van der Waals surface area (Å²) in [6, 6.07) is 14.8. The van der Waals surface area contributed by atoms with Gasteiger partial charge in [-0.3, -0.25) is 9.59 Å². The summed E-state index contributed by atoms with van der Waals surface area (Å²) >= 11 is 5.21. The van der Waals surface area contributed by atoms with Crippen molar-refractivity contribution in [3.8, 4) is 0 Å². The lowest BCUT2D eigenvalue weighted by Gasteiger charge is -2.18. The second kappa shape index (κ2) is 9.83. The zero-order chi connectivity index (χ0) is 19.8. The number of hydrogen-bond donors (Lipinski definition) is 2. The van der Waals surface area contributed by atoms with Crippen LogP contribution in [0.25, 0.3) is 0 Å². The second-order valence-corrected chi connectivity index (χ2v) is 6.57. The van der Waals surface area contributed by atoms with Gasteiger partial charge in [-0.2, -0.15) is 0 Å². The quantitative estimate of drug-likeness (QED) is 0.749. The van der Waals surface area contributed by atoms with E-state index in [1.807, 2.05) is 45.0 Å².